The van der Waals surface area contributed by atoms with Crippen LogP contribution in [0.1, 0.15) is 52.4 Å². The Morgan fingerprint density at radius 1 is 1.27 bits per heavy atom. The summed E-state index contributed by atoms with van der Waals surface area (Å²) < 4.78 is 0. The summed E-state index contributed by atoms with van der Waals surface area (Å²) in [4.78, 5) is 0. The van der Waals surface area contributed by atoms with E-state index in [1.165, 1.54) is 38.5 Å². The Labute approximate surface area is 95.3 Å². The Balaban J connectivity index is 2.32. The molecular weight excluding hydrogens is 182 g/mol. The molecular formula is C14H27N. The molecule has 1 fully saturated rings. The maximum absolute atomic E-state index is 3.97. The highest BCUT2D eigenvalue weighted by molar-refractivity contribution is 4.92. The minimum atomic E-state index is 0.558. The molecule has 0 bridgehead atoms. The first-order chi connectivity index (χ1) is 7.31. The van der Waals surface area contributed by atoms with E-state index in [0.717, 1.165) is 18.4 Å². The number of hydrogen-bond acceptors (Lipinski definition) is 1. The highest BCUT2D eigenvalue weighted by Gasteiger charge is 2.24. The minimum absolute atomic E-state index is 0.558. The Morgan fingerprint density at radius 2 is 1.93 bits per heavy atom. The molecule has 1 unspecified atom stereocenters. The van der Waals surface area contributed by atoms with Gasteiger partial charge in [0.2, 0.25) is 0 Å². The zero-order valence-corrected chi connectivity index (χ0v) is 10.5. The van der Waals surface area contributed by atoms with Gasteiger partial charge in [0.15, 0.2) is 0 Å². The van der Waals surface area contributed by atoms with Crippen molar-refractivity contribution in [1.29, 1.82) is 0 Å². The van der Waals surface area contributed by atoms with Crippen molar-refractivity contribution in [2.24, 2.45) is 11.8 Å². The summed E-state index contributed by atoms with van der Waals surface area (Å²) in [6, 6.07) is 0.558. The molecule has 1 heteroatoms. The Bertz CT molecular complexity index is 168. The van der Waals surface area contributed by atoms with Crippen LogP contribution in [-0.4, -0.2) is 12.6 Å². The first kappa shape index (κ1) is 12.8. The first-order valence-electron chi connectivity index (χ1n) is 6.67. The molecule has 0 aromatic rings. The van der Waals surface area contributed by atoms with Gasteiger partial charge in [-0.3, -0.25) is 0 Å². The summed E-state index contributed by atoms with van der Waals surface area (Å²) in [5.74, 6) is 1.84. The fourth-order valence-corrected chi connectivity index (χ4v) is 2.71. The monoisotopic (exact) mass is 209 g/mol. The number of nitrogens with one attached hydrogen (secondary N) is 1. The topological polar surface area (TPSA) is 12.0 Å². The van der Waals surface area contributed by atoms with Gasteiger partial charge < -0.3 is 5.32 Å². The van der Waals surface area contributed by atoms with Crippen molar-refractivity contribution < 1.29 is 0 Å². The third-order valence-corrected chi connectivity index (χ3v) is 3.86. The van der Waals surface area contributed by atoms with Crippen LogP contribution in [0.25, 0.3) is 0 Å². The minimum Gasteiger partial charge on any atom is -0.310 e. The van der Waals surface area contributed by atoms with Gasteiger partial charge in [-0.2, -0.15) is 0 Å². The zero-order valence-electron chi connectivity index (χ0n) is 10.5. The van der Waals surface area contributed by atoms with Crippen molar-refractivity contribution in [2.45, 2.75) is 58.4 Å². The number of rotatable bonds is 6. The van der Waals surface area contributed by atoms with Crippen LogP contribution >= 0.6 is 0 Å². The van der Waals surface area contributed by atoms with Crippen LogP contribution < -0.4 is 5.32 Å². The highest BCUT2D eigenvalue weighted by Crippen LogP contribution is 2.32. The van der Waals surface area contributed by atoms with Gasteiger partial charge in [0.05, 0.1) is 0 Å². The summed E-state index contributed by atoms with van der Waals surface area (Å²) >= 11 is 0. The zero-order chi connectivity index (χ0) is 11.1. The number of hydrogen-bond donors (Lipinski definition) is 1. The summed E-state index contributed by atoms with van der Waals surface area (Å²) in [5.41, 5.74) is 0. The van der Waals surface area contributed by atoms with Crippen molar-refractivity contribution in [3.63, 3.8) is 0 Å². The molecule has 0 radical (unpaired) electrons. The molecule has 0 heterocycles. The fraction of sp³-hybridized carbons (Fsp3) is 0.857. The molecule has 1 N–H and O–H groups in total. The van der Waals surface area contributed by atoms with Gasteiger partial charge in [0.25, 0.3) is 0 Å². The van der Waals surface area contributed by atoms with Crippen LogP contribution in [0.4, 0.5) is 0 Å². The largest absolute Gasteiger partial charge is 0.310 e. The summed E-state index contributed by atoms with van der Waals surface area (Å²) in [7, 11) is 0. The molecule has 1 aliphatic carbocycles. The Hall–Kier alpha value is -0.300. The molecule has 1 nitrogen and oxygen atoms in total. The molecule has 0 aromatic carbocycles. The molecule has 0 aliphatic heterocycles. The van der Waals surface area contributed by atoms with Gasteiger partial charge >= 0.3 is 0 Å². The second-order valence-electron chi connectivity index (χ2n) is 4.90. The van der Waals surface area contributed by atoms with E-state index in [-0.39, 0.29) is 0 Å². The molecule has 1 saturated carbocycles. The third-order valence-electron chi connectivity index (χ3n) is 3.86. The summed E-state index contributed by atoms with van der Waals surface area (Å²) in [5, 5.41) is 3.60. The molecule has 1 aliphatic rings. The maximum Gasteiger partial charge on any atom is 0.0275 e. The predicted octanol–water partition coefficient (Wildman–Crippen LogP) is 3.76. The summed E-state index contributed by atoms with van der Waals surface area (Å²) in [6.07, 6.45) is 10.4. The molecule has 0 saturated heterocycles. The maximum atomic E-state index is 3.97. The third kappa shape index (κ3) is 3.98. The van der Waals surface area contributed by atoms with E-state index >= 15 is 0 Å². The van der Waals surface area contributed by atoms with E-state index in [4.69, 9.17) is 0 Å². The van der Waals surface area contributed by atoms with Crippen LogP contribution in [0.2, 0.25) is 0 Å². The van der Waals surface area contributed by atoms with Gasteiger partial charge in [-0.25, -0.2) is 0 Å². The van der Waals surface area contributed by atoms with Gasteiger partial charge in [-0.05, 0) is 37.6 Å². The second-order valence-corrected chi connectivity index (χ2v) is 4.90. The van der Waals surface area contributed by atoms with Gasteiger partial charge in [0, 0.05) is 6.04 Å². The van der Waals surface area contributed by atoms with E-state index < -0.39 is 0 Å². The van der Waals surface area contributed by atoms with Gasteiger partial charge in [-0.1, -0.05) is 39.2 Å². The Kier molecular flexibility index (Phi) is 6.00. The van der Waals surface area contributed by atoms with Crippen LogP contribution in [0.3, 0.4) is 0 Å². The lowest BCUT2D eigenvalue weighted by Gasteiger charge is -2.32. The molecule has 0 aromatic heterocycles. The second kappa shape index (κ2) is 7.05. The van der Waals surface area contributed by atoms with E-state index in [9.17, 15) is 0 Å². The van der Waals surface area contributed by atoms with Crippen molar-refractivity contribution in [3.05, 3.63) is 12.7 Å². The predicted molar refractivity (Wildman–Crippen MR) is 68.0 cm³/mol. The van der Waals surface area contributed by atoms with Gasteiger partial charge in [-0.15, -0.1) is 6.58 Å². The van der Waals surface area contributed by atoms with E-state index in [2.05, 4.69) is 31.8 Å². The van der Waals surface area contributed by atoms with Crippen LogP contribution in [-0.2, 0) is 0 Å². The van der Waals surface area contributed by atoms with E-state index in [0.29, 0.717) is 6.04 Å². The molecule has 1 atom stereocenters. The van der Waals surface area contributed by atoms with E-state index in [1.807, 2.05) is 0 Å². The first-order valence-corrected chi connectivity index (χ1v) is 6.67. The Morgan fingerprint density at radius 3 is 2.40 bits per heavy atom. The van der Waals surface area contributed by atoms with Crippen molar-refractivity contribution >= 4 is 0 Å². The smallest absolute Gasteiger partial charge is 0.0275 e. The summed E-state index contributed by atoms with van der Waals surface area (Å²) in [6.45, 7) is 9.64. The molecule has 0 spiro atoms. The molecule has 88 valence electrons. The van der Waals surface area contributed by atoms with Crippen molar-refractivity contribution in [3.8, 4) is 0 Å². The molecule has 1 rings (SSSR count). The quantitative estimate of drug-likeness (QED) is 0.657. The highest BCUT2D eigenvalue weighted by atomic mass is 14.9. The van der Waals surface area contributed by atoms with Crippen LogP contribution in [0.5, 0.6) is 0 Å². The van der Waals surface area contributed by atoms with Crippen LogP contribution in [0.15, 0.2) is 12.7 Å². The average Bonchev–Trinajstić information content (AvgIpc) is 2.31. The van der Waals surface area contributed by atoms with E-state index in [1.54, 1.807) is 0 Å². The van der Waals surface area contributed by atoms with Crippen molar-refractivity contribution in [2.75, 3.05) is 6.54 Å². The lowest BCUT2D eigenvalue weighted by molar-refractivity contribution is 0.238. The normalized spacial score (nSPS) is 28.7. The lowest BCUT2D eigenvalue weighted by atomic mass is 9.77. The molecule has 15 heavy (non-hydrogen) atoms. The standard InChI is InChI=1S/C14H27N/c1-4-11-15-14(6-3)13-9-7-12(5-2)8-10-13/h6,12-15H,3-5,7-11H2,1-2H3. The van der Waals surface area contributed by atoms with Crippen LogP contribution in [0, 0.1) is 11.8 Å². The molecule has 0 amide bonds. The van der Waals surface area contributed by atoms with Crippen molar-refractivity contribution in [1.82, 2.24) is 5.32 Å². The lowest BCUT2D eigenvalue weighted by Crippen LogP contribution is -2.36. The SMILES string of the molecule is C=CC(NCCC)C1CCC(CC)CC1. The fourth-order valence-electron chi connectivity index (χ4n) is 2.71. The van der Waals surface area contributed by atoms with Gasteiger partial charge in [0.1, 0.15) is 0 Å². The average molecular weight is 209 g/mol.